The number of aromatic nitrogens is 1. The number of rotatable bonds is 7. The zero-order chi connectivity index (χ0) is 13.5. The van der Waals surface area contributed by atoms with E-state index in [1.54, 1.807) is 12.3 Å². The van der Waals surface area contributed by atoms with Crippen molar-refractivity contribution in [3.63, 3.8) is 0 Å². The highest BCUT2D eigenvalue weighted by Crippen LogP contribution is 2.24. The van der Waals surface area contributed by atoms with E-state index in [1.807, 2.05) is 14.1 Å². The second kappa shape index (κ2) is 7.56. The van der Waals surface area contributed by atoms with Crippen LogP contribution in [-0.4, -0.2) is 48.7 Å². The molecule has 0 amide bonds. The van der Waals surface area contributed by atoms with Crippen molar-refractivity contribution in [3.8, 4) is 0 Å². The van der Waals surface area contributed by atoms with Gasteiger partial charge in [-0.2, -0.15) is 0 Å². The Hall–Kier alpha value is -0.840. The Labute approximate surface area is 114 Å². The molecule has 1 N–H and O–H groups in total. The average Bonchev–Trinajstić information content (AvgIpc) is 2.34. The molecule has 0 aliphatic carbocycles. The summed E-state index contributed by atoms with van der Waals surface area (Å²) < 4.78 is 0. The molecule has 0 spiro atoms. The summed E-state index contributed by atoms with van der Waals surface area (Å²) in [5, 5.41) is 9.66. The summed E-state index contributed by atoms with van der Waals surface area (Å²) in [6, 6.07) is 1.78. The predicted molar refractivity (Wildman–Crippen MR) is 76.2 cm³/mol. The molecule has 1 aromatic rings. The number of pyridine rings is 1. The molecule has 0 atom stereocenters. The van der Waals surface area contributed by atoms with E-state index in [0.29, 0.717) is 5.02 Å². The lowest BCUT2D eigenvalue weighted by Gasteiger charge is -2.25. The Morgan fingerprint density at radius 2 is 2.00 bits per heavy atom. The standard InChI is InChI=1S/C13H22ClN3O/c1-4-5-17(7-6-16(2)3)13-12(14)8-11(10-18)9-15-13/h8-9,18H,4-7,10H2,1-3H3. The predicted octanol–water partition coefficient (Wildman–Crippen LogP) is 2.01. The van der Waals surface area contributed by atoms with Gasteiger partial charge in [0.25, 0.3) is 0 Å². The molecule has 1 heterocycles. The Balaban J connectivity index is 2.84. The highest BCUT2D eigenvalue weighted by atomic mass is 35.5. The van der Waals surface area contributed by atoms with Crippen LogP contribution in [0.2, 0.25) is 5.02 Å². The highest BCUT2D eigenvalue weighted by Gasteiger charge is 2.12. The van der Waals surface area contributed by atoms with Gasteiger partial charge in [0.1, 0.15) is 5.82 Å². The lowest BCUT2D eigenvalue weighted by molar-refractivity contribution is 0.281. The van der Waals surface area contributed by atoms with E-state index in [2.05, 4.69) is 21.7 Å². The normalized spacial score (nSPS) is 11.0. The minimum absolute atomic E-state index is 0.0293. The Morgan fingerprint density at radius 3 is 2.50 bits per heavy atom. The van der Waals surface area contributed by atoms with Crippen molar-refractivity contribution in [1.82, 2.24) is 9.88 Å². The van der Waals surface area contributed by atoms with Crippen LogP contribution in [0.3, 0.4) is 0 Å². The van der Waals surface area contributed by atoms with E-state index in [0.717, 1.165) is 37.4 Å². The molecule has 0 fully saturated rings. The summed E-state index contributed by atoms with van der Waals surface area (Å²) in [4.78, 5) is 8.68. The largest absolute Gasteiger partial charge is 0.392 e. The van der Waals surface area contributed by atoms with Gasteiger partial charge in [-0.05, 0) is 32.1 Å². The van der Waals surface area contributed by atoms with Crippen LogP contribution in [0.25, 0.3) is 0 Å². The molecule has 4 nitrogen and oxygen atoms in total. The molecule has 0 radical (unpaired) electrons. The summed E-state index contributed by atoms with van der Waals surface area (Å²) in [6.07, 6.45) is 2.73. The summed E-state index contributed by atoms with van der Waals surface area (Å²) >= 11 is 6.23. The molecule has 0 saturated heterocycles. The fourth-order valence-electron chi connectivity index (χ4n) is 1.70. The van der Waals surface area contributed by atoms with Crippen molar-refractivity contribution in [2.45, 2.75) is 20.0 Å². The highest BCUT2D eigenvalue weighted by molar-refractivity contribution is 6.33. The Morgan fingerprint density at radius 1 is 1.28 bits per heavy atom. The lowest BCUT2D eigenvalue weighted by atomic mass is 10.3. The number of anilines is 1. The number of aliphatic hydroxyl groups excluding tert-OH is 1. The molecular formula is C13H22ClN3O. The van der Waals surface area contributed by atoms with Crippen LogP contribution in [0.15, 0.2) is 12.3 Å². The first-order valence-corrected chi connectivity index (χ1v) is 6.61. The number of hydrogen-bond donors (Lipinski definition) is 1. The van der Waals surface area contributed by atoms with Crippen molar-refractivity contribution >= 4 is 17.4 Å². The van der Waals surface area contributed by atoms with Crippen LogP contribution in [-0.2, 0) is 6.61 Å². The van der Waals surface area contributed by atoms with Gasteiger partial charge in [-0.3, -0.25) is 0 Å². The number of halogens is 1. The first-order chi connectivity index (χ1) is 8.58. The van der Waals surface area contributed by atoms with Gasteiger partial charge in [-0.15, -0.1) is 0 Å². The van der Waals surface area contributed by atoms with Crippen LogP contribution in [0, 0.1) is 0 Å². The summed E-state index contributed by atoms with van der Waals surface area (Å²) in [5.41, 5.74) is 0.743. The minimum Gasteiger partial charge on any atom is -0.392 e. The van der Waals surface area contributed by atoms with Gasteiger partial charge in [0.15, 0.2) is 0 Å². The third-order valence-electron chi connectivity index (χ3n) is 2.67. The van der Waals surface area contributed by atoms with Crippen molar-refractivity contribution in [2.75, 3.05) is 38.6 Å². The van der Waals surface area contributed by atoms with Crippen LogP contribution in [0.1, 0.15) is 18.9 Å². The van der Waals surface area contributed by atoms with Crippen molar-refractivity contribution < 1.29 is 5.11 Å². The number of nitrogens with zero attached hydrogens (tertiary/aromatic N) is 3. The van der Waals surface area contributed by atoms with Gasteiger partial charge in [-0.25, -0.2) is 4.98 Å². The van der Waals surface area contributed by atoms with Crippen molar-refractivity contribution in [2.24, 2.45) is 0 Å². The Kier molecular flexibility index (Phi) is 6.39. The third-order valence-corrected chi connectivity index (χ3v) is 2.95. The number of hydrogen-bond acceptors (Lipinski definition) is 4. The van der Waals surface area contributed by atoms with E-state index < -0.39 is 0 Å². The maximum absolute atomic E-state index is 9.05. The van der Waals surface area contributed by atoms with E-state index >= 15 is 0 Å². The average molecular weight is 272 g/mol. The van der Waals surface area contributed by atoms with Gasteiger partial charge in [-0.1, -0.05) is 18.5 Å². The molecule has 0 aromatic carbocycles. The smallest absolute Gasteiger partial charge is 0.147 e. The summed E-state index contributed by atoms with van der Waals surface area (Å²) in [5.74, 6) is 0.803. The number of aliphatic hydroxyl groups is 1. The molecule has 18 heavy (non-hydrogen) atoms. The SMILES string of the molecule is CCCN(CCN(C)C)c1ncc(CO)cc1Cl. The zero-order valence-corrected chi connectivity index (χ0v) is 12.1. The van der Waals surface area contributed by atoms with Crippen molar-refractivity contribution in [3.05, 3.63) is 22.8 Å². The monoisotopic (exact) mass is 271 g/mol. The van der Waals surface area contributed by atoms with Crippen LogP contribution in [0.4, 0.5) is 5.82 Å². The molecular weight excluding hydrogens is 250 g/mol. The van der Waals surface area contributed by atoms with E-state index in [4.69, 9.17) is 16.7 Å². The Bertz CT molecular complexity index is 371. The molecule has 0 unspecified atom stereocenters. The van der Waals surface area contributed by atoms with Crippen LogP contribution < -0.4 is 4.90 Å². The molecule has 0 saturated carbocycles. The topological polar surface area (TPSA) is 39.6 Å². The second-order valence-electron chi connectivity index (χ2n) is 4.60. The molecule has 1 aromatic heterocycles. The van der Waals surface area contributed by atoms with Crippen LogP contribution >= 0.6 is 11.6 Å². The summed E-state index contributed by atoms with van der Waals surface area (Å²) in [6.45, 7) is 4.89. The first-order valence-electron chi connectivity index (χ1n) is 6.23. The van der Waals surface area contributed by atoms with E-state index in [-0.39, 0.29) is 6.61 Å². The van der Waals surface area contributed by atoms with Crippen molar-refractivity contribution in [1.29, 1.82) is 0 Å². The fraction of sp³-hybridized carbons (Fsp3) is 0.615. The molecule has 5 heteroatoms. The lowest BCUT2D eigenvalue weighted by Crippen LogP contribution is -2.33. The maximum Gasteiger partial charge on any atom is 0.147 e. The number of likely N-dealkylation sites (N-methyl/N-ethyl adjacent to an activating group) is 1. The molecule has 102 valence electrons. The van der Waals surface area contributed by atoms with Gasteiger partial charge >= 0.3 is 0 Å². The maximum atomic E-state index is 9.05. The first kappa shape index (κ1) is 15.2. The quantitative estimate of drug-likeness (QED) is 0.824. The van der Waals surface area contributed by atoms with Gasteiger partial charge in [0.2, 0.25) is 0 Å². The second-order valence-corrected chi connectivity index (χ2v) is 5.00. The summed E-state index contributed by atoms with van der Waals surface area (Å²) in [7, 11) is 4.10. The molecule has 0 bridgehead atoms. The van der Waals surface area contributed by atoms with Gasteiger partial charge < -0.3 is 14.9 Å². The van der Waals surface area contributed by atoms with Gasteiger partial charge in [0.05, 0.1) is 11.6 Å². The minimum atomic E-state index is -0.0293. The fourth-order valence-corrected chi connectivity index (χ4v) is 2.01. The van der Waals surface area contributed by atoms with Crippen LogP contribution in [0.5, 0.6) is 0 Å². The van der Waals surface area contributed by atoms with E-state index in [1.165, 1.54) is 0 Å². The molecule has 1 rings (SSSR count). The van der Waals surface area contributed by atoms with Gasteiger partial charge in [0, 0.05) is 25.8 Å². The molecule has 0 aliphatic heterocycles. The third kappa shape index (κ3) is 4.44. The zero-order valence-electron chi connectivity index (χ0n) is 11.4. The molecule has 0 aliphatic rings. The van der Waals surface area contributed by atoms with E-state index in [9.17, 15) is 0 Å².